The summed E-state index contributed by atoms with van der Waals surface area (Å²) in [5, 5.41) is 3.61. The molecule has 0 spiro atoms. The fourth-order valence-corrected chi connectivity index (χ4v) is 2.23. The van der Waals surface area contributed by atoms with Gasteiger partial charge in [-0.25, -0.2) is 4.79 Å². The smallest absolute Gasteiger partial charge is 0.344 e. The lowest BCUT2D eigenvalue weighted by Gasteiger charge is -2.14. The number of hydrogen-bond acceptors (Lipinski definition) is 4. The zero-order valence-electron chi connectivity index (χ0n) is 13.7. The van der Waals surface area contributed by atoms with E-state index < -0.39 is 18.0 Å². The Morgan fingerprint density at radius 3 is 2.52 bits per heavy atom. The lowest BCUT2D eigenvalue weighted by Crippen LogP contribution is -2.31. The van der Waals surface area contributed by atoms with Crippen LogP contribution in [0.5, 0.6) is 5.75 Å². The molecule has 0 fully saturated rings. The molecular weight excluding hydrogens is 365 g/mol. The summed E-state index contributed by atoms with van der Waals surface area (Å²) in [6.07, 6.45) is -0.987. The highest BCUT2D eigenvalue weighted by Crippen LogP contribution is 2.22. The van der Waals surface area contributed by atoms with Crippen molar-refractivity contribution in [2.24, 2.45) is 0 Å². The summed E-state index contributed by atoms with van der Waals surface area (Å²) >= 11 is 11.9. The minimum atomic E-state index is -0.987. The molecular formula is C18H17Cl2NO4. The van der Waals surface area contributed by atoms with Crippen LogP contribution in [0.4, 0.5) is 5.69 Å². The Morgan fingerprint density at radius 1 is 1.12 bits per heavy atom. The Morgan fingerprint density at radius 2 is 1.84 bits per heavy atom. The molecule has 0 aliphatic rings. The summed E-state index contributed by atoms with van der Waals surface area (Å²) in [6, 6.07) is 11.8. The second kappa shape index (κ2) is 8.74. The maximum Gasteiger partial charge on any atom is 0.344 e. The summed E-state index contributed by atoms with van der Waals surface area (Å²) in [5.74, 6) is -0.648. The molecule has 7 heteroatoms. The van der Waals surface area contributed by atoms with Gasteiger partial charge < -0.3 is 14.8 Å². The second-order valence-corrected chi connectivity index (χ2v) is 6.12. The van der Waals surface area contributed by atoms with Crippen molar-refractivity contribution in [1.29, 1.82) is 0 Å². The maximum absolute atomic E-state index is 12.1. The quantitative estimate of drug-likeness (QED) is 0.759. The van der Waals surface area contributed by atoms with Crippen LogP contribution in [0.25, 0.3) is 0 Å². The fraction of sp³-hybridized carbons (Fsp3) is 0.222. The summed E-state index contributed by atoms with van der Waals surface area (Å²) in [6.45, 7) is 2.98. The molecule has 0 saturated heterocycles. The fourth-order valence-electron chi connectivity index (χ4n) is 1.93. The molecule has 2 rings (SSSR count). The number of nitrogens with one attached hydrogen (secondary N) is 1. The average molecular weight is 382 g/mol. The van der Waals surface area contributed by atoms with Crippen LogP contribution in [0.15, 0.2) is 42.5 Å². The Kier molecular flexibility index (Phi) is 6.67. The lowest BCUT2D eigenvalue weighted by molar-refractivity contribution is -0.155. The first-order valence-electron chi connectivity index (χ1n) is 7.50. The summed E-state index contributed by atoms with van der Waals surface area (Å²) in [4.78, 5) is 23.9. The molecule has 2 aromatic carbocycles. The summed E-state index contributed by atoms with van der Waals surface area (Å²) in [7, 11) is 0. The zero-order valence-corrected chi connectivity index (χ0v) is 15.2. The van der Waals surface area contributed by atoms with E-state index in [0.29, 0.717) is 21.5 Å². The van der Waals surface area contributed by atoms with Gasteiger partial charge >= 0.3 is 5.97 Å². The van der Waals surface area contributed by atoms with E-state index in [1.165, 1.54) is 6.92 Å². The highest BCUT2D eigenvalue weighted by Gasteiger charge is 2.19. The Hall–Kier alpha value is -2.24. The van der Waals surface area contributed by atoms with Gasteiger partial charge in [-0.05, 0) is 49.7 Å². The number of benzene rings is 2. The third-order valence-electron chi connectivity index (χ3n) is 3.30. The Balaban J connectivity index is 1.83. The van der Waals surface area contributed by atoms with Gasteiger partial charge in [0.25, 0.3) is 5.91 Å². The van der Waals surface area contributed by atoms with Crippen molar-refractivity contribution in [3.63, 3.8) is 0 Å². The van der Waals surface area contributed by atoms with Gasteiger partial charge in [-0.2, -0.15) is 0 Å². The van der Waals surface area contributed by atoms with Crippen molar-refractivity contribution in [3.8, 4) is 5.75 Å². The first kappa shape index (κ1) is 19.1. The van der Waals surface area contributed by atoms with Crippen molar-refractivity contribution in [1.82, 2.24) is 0 Å². The molecule has 25 heavy (non-hydrogen) atoms. The molecule has 0 heterocycles. The van der Waals surface area contributed by atoms with Gasteiger partial charge in [-0.1, -0.05) is 35.3 Å². The highest BCUT2D eigenvalue weighted by atomic mass is 35.5. The number of esters is 1. The normalized spacial score (nSPS) is 11.5. The van der Waals surface area contributed by atoms with Gasteiger partial charge in [0.2, 0.25) is 0 Å². The van der Waals surface area contributed by atoms with Crippen LogP contribution >= 0.6 is 23.2 Å². The maximum atomic E-state index is 12.1. The lowest BCUT2D eigenvalue weighted by atomic mass is 10.2. The van der Waals surface area contributed by atoms with Gasteiger partial charge in [0.05, 0.1) is 10.7 Å². The van der Waals surface area contributed by atoms with E-state index in [0.717, 1.165) is 5.56 Å². The predicted octanol–water partition coefficient (Wildman–Crippen LogP) is 4.25. The number of para-hydroxylation sites is 1. The molecule has 0 saturated carbocycles. The van der Waals surface area contributed by atoms with Crippen LogP contribution < -0.4 is 10.1 Å². The predicted molar refractivity (Wildman–Crippen MR) is 97.3 cm³/mol. The monoisotopic (exact) mass is 381 g/mol. The van der Waals surface area contributed by atoms with Crippen molar-refractivity contribution >= 4 is 40.8 Å². The van der Waals surface area contributed by atoms with Crippen molar-refractivity contribution in [2.75, 3.05) is 11.9 Å². The second-order valence-electron chi connectivity index (χ2n) is 5.30. The Bertz CT molecular complexity index is 779. The third kappa shape index (κ3) is 5.66. The van der Waals surface area contributed by atoms with Gasteiger partial charge in [0.1, 0.15) is 5.75 Å². The average Bonchev–Trinajstić information content (AvgIpc) is 2.58. The van der Waals surface area contributed by atoms with Gasteiger partial charge in [-0.15, -0.1) is 0 Å². The molecule has 0 aliphatic carbocycles. The van der Waals surface area contributed by atoms with Gasteiger partial charge in [0, 0.05) is 5.02 Å². The minimum Gasteiger partial charge on any atom is -0.482 e. The van der Waals surface area contributed by atoms with Crippen LogP contribution in [-0.4, -0.2) is 24.6 Å². The minimum absolute atomic E-state index is 0.315. The van der Waals surface area contributed by atoms with Crippen LogP contribution in [0.3, 0.4) is 0 Å². The number of anilines is 1. The molecule has 1 amide bonds. The van der Waals surface area contributed by atoms with Gasteiger partial charge in [0.15, 0.2) is 12.7 Å². The number of hydrogen-bond donors (Lipinski definition) is 1. The molecule has 1 unspecified atom stereocenters. The van der Waals surface area contributed by atoms with Crippen molar-refractivity contribution in [3.05, 3.63) is 58.1 Å². The van der Waals surface area contributed by atoms with Crippen LogP contribution in [0.1, 0.15) is 12.5 Å². The number of aryl methyl sites for hydroxylation is 1. The van der Waals surface area contributed by atoms with E-state index >= 15 is 0 Å². The molecule has 0 aromatic heterocycles. The molecule has 0 bridgehead atoms. The van der Waals surface area contributed by atoms with E-state index in [2.05, 4.69) is 5.32 Å². The van der Waals surface area contributed by atoms with Crippen LogP contribution in [0, 0.1) is 6.92 Å². The van der Waals surface area contributed by atoms with E-state index in [1.807, 2.05) is 6.92 Å². The number of halogens is 2. The van der Waals surface area contributed by atoms with Crippen LogP contribution in [0.2, 0.25) is 10.0 Å². The number of amides is 1. The highest BCUT2D eigenvalue weighted by molar-refractivity contribution is 6.33. The van der Waals surface area contributed by atoms with Gasteiger partial charge in [-0.3, -0.25) is 4.79 Å². The molecule has 5 nitrogen and oxygen atoms in total. The molecule has 0 radical (unpaired) electrons. The molecule has 132 valence electrons. The van der Waals surface area contributed by atoms with Crippen molar-refractivity contribution < 1.29 is 19.1 Å². The standard InChI is InChI=1S/C18H17Cl2NO4/c1-11-9-13(7-8-14(11)19)24-10-17(22)25-12(2)18(23)21-16-6-4-3-5-15(16)20/h3-9,12H,10H2,1-2H3,(H,21,23). The summed E-state index contributed by atoms with van der Waals surface area (Å²) < 4.78 is 10.4. The Labute approximate surface area is 155 Å². The zero-order chi connectivity index (χ0) is 18.4. The van der Waals surface area contributed by atoms with E-state index in [-0.39, 0.29) is 6.61 Å². The van der Waals surface area contributed by atoms with E-state index in [1.54, 1.807) is 42.5 Å². The summed E-state index contributed by atoms with van der Waals surface area (Å²) in [5.41, 5.74) is 1.28. The first-order valence-corrected chi connectivity index (χ1v) is 8.26. The number of rotatable bonds is 6. The van der Waals surface area contributed by atoms with Crippen molar-refractivity contribution in [2.45, 2.75) is 20.0 Å². The topological polar surface area (TPSA) is 64.6 Å². The molecule has 0 aliphatic heterocycles. The SMILES string of the molecule is Cc1cc(OCC(=O)OC(C)C(=O)Nc2ccccc2Cl)ccc1Cl. The first-order chi connectivity index (χ1) is 11.9. The van der Waals surface area contributed by atoms with Crippen LogP contribution in [-0.2, 0) is 14.3 Å². The largest absolute Gasteiger partial charge is 0.482 e. The number of carbonyl (C=O) groups is 2. The third-order valence-corrected chi connectivity index (χ3v) is 4.05. The van der Waals surface area contributed by atoms with E-state index in [9.17, 15) is 9.59 Å². The molecule has 1 atom stereocenters. The van der Waals surface area contributed by atoms with E-state index in [4.69, 9.17) is 32.7 Å². The molecule has 1 N–H and O–H groups in total. The number of ether oxygens (including phenoxy) is 2. The number of carbonyl (C=O) groups excluding carboxylic acids is 2. The molecule has 2 aromatic rings.